The number of pyridine rings is 2. The highest BCUT2D eigenvalue weighted by molar-refractivity contribution is 6.30. The average molecular weight is 395 g/mol. The van der Waals surface area contributed by atoms with Gasteiger partial charge in [0.15, 0.2) is 0 Å². The number of aryl methyl sites for hydroxylation is 2. The minimum absolute atomic E-state index is 0.0140. The first-order valence-corrected chi connectivity index (χ1v) is 9.34. The van der Waals surface area contributed by atoms with E-state index in [1.165, 1.54) is 0 Å². The van der Waals surface area contributed by atoms with Gasteiger partial charge in [-0.2, -0.15) is 5.10 Å². The summed E-state index contributed by atoms with van der Waals surface area (Å²) in [6.07, 6.45) is 5.28. The number of anilines is 2. The molecule has 142 valence electrons. The minimum atomic E-state index is 0.0140. The number of fused-ring (bicyclic) bond motifs is 1. The highest BCUT2D eigenvalue weighted by Crippen LogP contribution is 2.31. The van der Waals surface area contributed by atoms with Gasteiger partial charge in [-0.15, -0.1) is 0 Å². The van der Waals surface area contributed by atoms with E-state index >= 15 is 0 Å². The zero-order valence-corrected chi connectivity index (χ0v) is 16.6. The second-order valence-electron chi connectivity index (χ2n) is 6.77. The van der Waals surface area contributed by atoms with E-state index in [-0.39, 0.29) is 11.8 Å². The van der Waals surface area contributed by atoms with E-state index < -0.39 is 0 Å². The van der Waals surface area contributed by atoms with Crippen LogP contribution in [0.5, 0.6) is 0 Å². The van der Waals surface area contributed by atoms with E-state index in [1.54, 1.807) is 31.2 Å². The Labute approximate surface area is 167 Å². The standard InChI is InChI=1S/C20H19ClN6O/c1-11-14(18(21)27(3)26-11)7-6-13-9-24-19(22-2)16-10-23-17(8-15(13)16)25-20(28)12-4-5-12/h8-10,12H,4-5H2,1-3H3,(H,22,24)(H,23,25,28). The third-order valence-corrected chi connectivity index (χ3v) is 5.12. The number of hydrogen-bond donors (Lipinski definition) is 2. The van der Waals surface area contributed by atoms with Crippen molar-refractivity contribution in [3.05, 3.63) is 40.4 Å². The Kier molecular flexibility index (Phi) is 4.65. The molecule has 1 aliphatic rings. The summed E-state index contributed by atoms with van der Waals surface area (Å²) in [6.45, 7) is 1.87. The molecule has 4 rings (SSSR count). The van der Waals surface area contributed by atoms with Crippen LogP contribution in [0, 0.1) is 24.7 Å². The second-order valence-corrected chi connectivity index (χ2v) is 7.13. The first kappa shape index (κ1) is 18.3. The first-order chi connectivity index (χ1) is 13.5. The number of nitrogens with one attached hydrogen (secondary N) is 2. The summed E-state index contributed by atoms with van der Waals surface area (Å²) in [6, 6.07) is 1.83. The fraction of sp³-hybridized carbons (Fsp3) is 0.300. The maximum absolute atomic E-state index is 12.1. The molecule has 0 atom stereocenters. The van der Waals surface area contributed by atoms with Gasteiger partial charge in [0.05, 0.1) is 16.8 Å². The smallest absolute Gasteiger partial charge is 0.228 e. The third kappa shape index (κ3) is 3.39. The number of rotatable bonds is 3. The normalized spacial score (nSPS) is 13.1. The first-order valence-electron chi connectivity index (χ1n) is 8.96. The minimum Gasteiger partial charge on any atom is -0.373 e. The largest absolute Gasteiger partial charge is 0.373 e. The van der Waals surface area contributed by atoms with Crippen molar-refractivity contribution in [2.75, 3.05) is 17.7 Å². The summed E-state index contributed by atoms with van der Waals surface area (Å²) in [7, 11) is 3.58. The van der Waals surface area contributed by atoms with E-state index in [9.17, 15) is 4.79 Å². The molecule has 1 saturated carbocycles. The number of hydrogen-bond acceptors (Lipinski definition) is 5. The molecule has 0 saturated heterocycles. The van der Waals surface area contributed by atoms with Crippen molar-refractivity contribution in [2.45, 2.75) is 19.8 Å². The molecule has 8 heteroatoms. The van der Waals surface area contributed by atoms with Gasteiger partial charge in [-0.3, -0.25) is 9.48 Å². The maximum atomic E-state index is 12.1. The Morgan fingerprint density at radius 3 is 2.68 bits per heavy atom. The highest BCUT2D eigenvalue weighted by Gasteiger charge is 2.29. The Balaban J connectivity index is 1.79. The van der Waals surface area contributed by atoms with Crippen molar-refractivity contribution >= 4 is 39.9 Å². The lowest BCUT2D eigenvalue weighted by molar-refractivity contribution is -0.117. The fourth-order valence-corrected chi connectivity index (χ4v) is 3.20. The van der Waals surface area contributed by atoms with Gasteiger partial charge < -0.3 is 10.6 Å². The molecule has 3 heterocycles. The number of nitrogens with zero attached hydrogens (tertiary/aromatic N) is 4. The summed E-state index contributed by atoms with van der Waals surface area (Å²) < 4.78 is 1.59. The lowest BCUT2D eigenvalue weighted by Gasteiger charge is -2.09. The summed E-state index contributed by atoms with van der Waals surface area (Å²) in [5.41, 5.74) is 2.17. The van der Waals surface area contributed by atoms with Gasteiger partial charge in [-0.25, -0.2) is 9.97 Å². The zero-order valence-electron chi connectivity index (χ0n) is 15.8. The molecule has 1 fully saturated rings. The lowest BCUT2D eigenvalue weighted by Crippen LogP contribution is -2.14. The van der Waals surface area contributed by atoms with Gasteiger partial charge in [0.2, 0.25) is 5.91 Å². The van der Waals surface area contributed by atoms with Crippen LogP contribution in [0.3, 0.4) is 0 Å². The van der Waals surface area contributed by atoms with Crippen LogP contribution in [0.25, 0.3) is 10.8 Å². The molecule has 0 bridgehead atoms. The summed E-state index contributed by atoms with van der Waals surface area (Å²) in [5, 5.41) is 12.4. The molecule has 28 heavy (non-hydrogen) atoms. The van der Waals surface area contributed by atoms with Gasteiger partial charge >= 0.3 is 0 Å². The van der Waals surface area contributed by atoms with E-state index in [0.717, 1.165) is 34.9 Å². The topological polar surface area (TPSA) is 84.7 Å². The van der Waals surface area contributed by atoms with Crippen LogP contribution in [0.1, 0.15) is 29.7 Å². The molecule has 0 unspecified atom stereocenters. The molecule has 0 aliphatic heterocycles. The quantitative estimate of drug-likeness (QED) is 0.667. The number of carbonyl (C=O) groups excluding carboxylic acids is 1. The molecular weight excluding hydrogens is 376 g/mol. The predicted octanol–water partition coefficient (Wildman–Crippen LogP) is 3.12. The summed E-state index contributed by atoms with van der Waals surface area (Å²) in [5.74, 6) is 7.58. The van der Waals surface area contributed by atoms with Crippen molar-refractivity contribution in [1.82, 2.24) is 19.7 Å². The summed E-state index contributed by atoms with van der Waals surface area (Å²) >= 11 is 6.28. The predicted molar refractivity (Wildman–Crippen MR) is 109 cm³/mol. The van der Waals surface area contributed by atoms with E-state index in [4.69, 9.17) is 11.6 Å². The SMILES string of the molecule is CNc1ncc(C#Cc2c(C)nn(C)c2Cl)c2cc(NC(=O)C3CC3)ncc12. The Bertz CT molecular complexity index is 1150. The van der Waals surface area contributed by atoms with Crippen molar-refractivity contribution in [3.63, 3.8) is 0 Å². The molecule has 1 amide bonds. The van der Waals surface area contributed by atoms with Crippen LogP contribution in [-0.4, -0.2) is 32.7 Å². The highest BCUT2D eigenvalue weighted by atomic mass is 35.5. The molecule has 3 aromatic heterocycles. The Morgan fingerprint density at radius 1 is 1.25 bits per heavy atom. The number of aromatic nitrogens is 4. The maximum Gasteiger partial charge on any atom is 0.228 e. The fourth-order valence-electron chi connectivity index (χ4n) is 2.98. The molecular formula is C20H19ClN6O. The molecule has 7 nitrogen and oxygen atoms in total. The number of halogens is 1. The third-order valence-electron chi connectivity index (χ3n) is 4.68. The zero-order chi connectivity index (χ0) is 19.8. The molecule has 2 N–H and O–H groups in total. The van der Waals surface area contributed by atoms with Crippen molar-refractivity contribution < 1.29 is 4.79 Å². The lowest BCUT2D eigenvalue weighted by atomic mass is 10.1. The Hall–Kier alpha value is -3.11. The number of carbonyl (C=O) groups is 1. The molecule has 0 aromatic carbocycles. The van der Waals surface area contributed by atoms with E-state index in [0.29, 0.717) is 22.4 Å². The summed E-state index contributed by atoms with van der Waals surface area (Å²) in [4.78, 5) is 20.9. The Morgan fingerprint density at radius 2 is 2.04 bits per heavy atom. The van der Waals surface area contributed by atoms with Crippen LogP contribution in [0.2, 0.25) is 5.15 Å². The molecule has 0 spiro atoms. The van der Waals surface area contributed by atoms with Crippen molar-refractivity contribution in [3.8, 4) is 11.8 Å². The van der Waals surface area contributed by atoms with Crippen LogP contribution in [0.15, 0.2) is 18.5 Å². The van der Waals surface area contributed by atoms with Gasteiger partial charge in [0.25, 0.3) is 0 Å². The van der Waals surface area contributed by atoms with E-state index in [2.05, 4.69) is 37.5 Å². The van der Waals surface area contributed by atoms with Crippen LogP contribution >= 0.6 is 11.6 Å². The van der Waals surface area contributed by atoms with Gasteiger partial charge in [-0.05, 0) is 25.8 Å². The van der Waals surface area contributed by atoms with Crippen LogP contribution < -0.4 is 10.6 Å². The van der Waals surface area contributed by atoms with E-state index in [1.807, 2.05) is 13.0 Å². The molecule has 0 radical (unpaired) electrons. The van der Waals surface area contributed by atoms with Crippen LogP contribution in [0.4, 0.5) is 11.6 Å². The molecule has 3 aromatic rings. The van der Waals surface area contributed by atoms with Gasteiger partial charge in [0, 0.05) is 43.2 Å². The van der Waals surface area contributed by atoms with Crippen molar-refractivity contribution in [2.24, 2.45) is 13.0 Å². The van der Waals surface area contributed by atoms with Gasteiger partial charge in [-0.1, -0.05) is 23.4 Å². The number of amides is 1. The van der Waals surface area contributed by atoms with Crippen molar-refractivity contribution in [1.29, 1.82) is 0 Å². The van der Waals surface area contributed by atoms with Gasteiger partial charge in [0.1, 0.15) is 16.8 Å². The average Bonchev–Trinajstić information content (AvgIpc) is 3.49. The monoisotopic (exact) mass is 394 g/mol. The van der Waals surface area contributed by atoms with Crippen LogP contribution in [-0.2, 0) is 11.8 Å². The second kappa shape index (κ2) is 7.13. The molecule has 1 aliphatic carbocycles.